The van der Waals surface area contributed by atoms with Crippen LogP contribution in [-0.4, -0.2) is 39.1 Å². The molecule has 0 aliphatic rings. The molecule has 2 aromatic heterocycles. The quantitative estimate of drug-likeness (QED) is 0.488. The smallest absolute Gasteiger partial charge is 0.248 e. The summed E-state index contributed by atoms with van der Waals surface area (Å²) >= 11 is 5.96. The Morgan fingerprint density at radius 2 is 2.03 bits per heavy atom. The molecule has 8 heteroatoms. The van der Waals surface area contributed by atoms with Gasteiger partial charge in [0.2, 0.25) is 5.91 Å². The van der Waals surface area contributed by atoms with Gasteiger partial charge < -0.3 is 20.0 Å². The summed E-state index contributed by atoms with van der Waals surface area (Å²) in [6, 6.07) is 12.8. The number of amides is 1. The predicted octanol–water partition coefficient (Wildman–Crippen LogP) is 3.42. The third kappa shape index (κ3) is 4.01. The number of halogens is 1. The van der Waals surface area contributed by atoms with Gasteiger partial charge in [0.15, 0.2) is 0 Å². The van der Waals surface area contributed by atoms with Crippen molar-refractivity contribution in [3.05, 3.63) is 70.8 Å². The van der Waals surface area contributed by atoms with Crippen molar-refractivity contribution in [1.29, 1.82) is 0 Å². The Labute approximate surface area is 172 Å². The van der Waals surface area contributed by atoms with Crippen molar-refractivity contribution in [1.82, 2.24) is 19.5 Å². The number of carbonyl (C=O) groups excluding carboxylic acids is 1. The Hall–Kier alpha value is -3.16. The lowest BCUT2D eigenvalue weighted by Crippen LogP contribution is -2.11. The highest BCUT2D eigenvalue weighted by atomic mass is 35.5. The zero-order valence-electron chi connectivity index (χ0n) is 15.9. The second kappa shape index (κ2) is 8.06. The minimum Gasteiger partial charge on any atom is -0.383 e. The molecule has 2 aromatic carbocycles. The van der Waals surface area contributed by atoms with Gasteiger partial charge in [-0.1, -0.05) is 11.6 Å². The topological polar surface area (TPSA) is 98.8 Å². The molecular formula is C21H20ClN5O2. The number of aromatic nitrogens is 4. The van der Waals surface area contributed by atoms with Crippen LogP contribution in [0.3, 0.4) is 0 Å². The summed E-state index contributed by atoms with van der Waals surface area (Å²) in [5, 5.41) is 0.683. The standard InChI is InChI=1S/C21H20ClN5O2/c1-29-9-8-27-18-7-4-14(20(23)28)10-17(18)26-19(27)11-16-12-24-21(25-16)13-2-5-15(22)6-3-13/h2-7,10,12H,8-9,11H2,1H3,(H2,23,28)(H,24,25). The number of fused-ring (bicyclic) bond motifs is 1. The second-order valence-corrected chi connectivity index (χ2v) is 7.12. The van der Waals surface area contributed by atoms with E-state index in [0.717, 1.165) is 33.9 Å². The molecule has 0 fully saturated rings. The molecule has 7 nitrogen and oxygen atoms in total. The molecule has 29 heavy (non-hydrogen) atoms. The lowest BCUT2D eigenvalue weighted by Gasteiger charge is -2.08. The van der Waals surface area contributed by atoms with Crippen LogP contribution in [0.5, 0.6) is 0 Å². The third-order valence-corrected chi connectivity index (χ3v) is 4.98. The van der Waals surface area contributed by atoms with Gasteiger partial charge in [0.1, 0.15) is 11.6 Å². The number of nitrogens with one attached hydrogen (secondary N) is 1. The van der Waals surface area contributed by atoms with Gasteiger partial charge in [-0.2, -0.15) is 0 Å². The molecule has 4 aromatic rings. The Bertz CT molecular complexity index is 1160. The molecule has 0 saturated carbocycles. The van der Waals surface area contributed by atoms with Crippen molar-refractivity contribution in [3.8, 4) is 11.4 Å². The second-order valence-electron chi connectivity index (χ2n) is 6.68. The van der Waals surface area contributed by atoms with E-state index in [0.29, 0.717) is 30.2 Å². The molecule has 0 saturated heterocycles. The first-order valence-corrected chi connectivity index (χ1v) is 9.50. The number of nitrogens with two attached hydrogens (primary N) is 1. The minimum atomic E-state index is -0.471. The van der Waals surface area contributed by atoms with Crippen LogP contribution < -0.4 is 5.73 Å². The van der Waals surface area contributed by atoms with E-state index >= 15 is 0 Å². The zero-order chi connectivity index (χ0) is 20.4. The van der Waals surface area contributed by atoms with E-state index in [4.69, 9.17) is 27.1 Å². The largest absolute Gasteiger partial charge is 0.383 e. The number of nitrogens with zero attached hydrogens (tertiary/aromatic N) is 3. The molecule has 0 unspecified atom stereocenters. The molecule has 0 bridgehead atoms. The molecule has 0 spiro atoms. The Morgan fingerprint density at radius 1 is 1.24 bits per heavy atom. The molecule has 0 aliphatic carbocycles. The lowest BCUT2D eigenvalue weighted by atomic mass is 10.2. The average Bonchev–Trinajstić information content (AvgIpc) is 3.31. The predicted molar refractivity (Wildman–Crippen MR) is 112 cm³/mol. The normalized spacial score (nSPS) is 11.2. The SMILES string of the molecule is COCCn1c(Cc2cnc(-c3ccc(Cl)cc3)[nH]2)nc2cc(C(N)=O)ccc21. The van der Waals surface area contributed by atoms with E-state index in [1.165, 1.54) is 0 Å². The zero-order valence-corrected chi connectivity index (χ0v) is 16.6. The van der Waals surface area contributed by atoms with E-state index in [9.17, 15) is 4.79 Å². The van der Waals surface area contributed by atoms with Crippen molar-refractivity contribution < 1.29 is 9.53 Å². The molecule has 0 atom stereocenters. The van der Waals surface area contributed by atoms with Gasteiger partial charge in [0.05, 0.1) is 17.6 Å². The van der Waals surface area contributed by atoms with Crippen LogP contribution in [0.1, 0.15) is 21.9 Å². The summed E-state index contributed by atoms with van der Waals surface area (Å²) in [5.74, 6) is 1.15. The number of primary amides is 1. The number of H-pyrrole nitrogens is 1. The van der Waals surface area contributed by atoms with Crippen molar-refractivity contribution >= 4 is 28.5 Å². The number of rotatable bonds is 7. The number of aromatic amines is 1. The third-order valence-electron chi connectivity index (χ3n) is 4.73. The molecule has 1 amide bonds. The van der Waals surface area contributed by atoms with Gasteiger partial charge in [0, 0.05) is 48.1 Å². The van der Waals surface area contributed by atoms with Gasteiger partial charge in [-0.25, -0.2) is 9.97 Å². The minimum absolute atomic E-state index is 0.437. The maximum Gasteiger partial charge on any atom is 0.248 e. The van der Waals surface area contributed by atoms with Crippen molar-refractivity contribution in [3.63, 3.8) is 0 Å². The Kier molecular flexibility index (Phi) is 5.33. The number of hydrogen-bond donors (Lipinski definition) is 2. The fraction of sp³-hybridized carbons (Fsp3) is 0.190. The number of imidazole rings is 2. The molecule has 148 valence electrons. The summed E-state index contributed by atoms with van der Waals surface area (Å²) in [4.78, 5) is 24.1. The van der Waals surface area contributed by atoms with E-state index in [1.807, 2.05) is 30.3 Å². The van der Waals surface area contributed by atoms with E-state index in [1.54, 1.807) is 25.4 Å². The van der Waals surface area contributed by atoms with E-state index < -0.39 is 5.91 Å². The summed E-state index contributed by atoms with van der Waals surface area (Å²) in [6.07, 6.45) is 2.36. The first-order valence-electron chi connectivity index (χ1n) is 9.13. The highest BCUT2D eigenvalue weighted by Crippen LogP contribution is 2.22. The van der Waals surface area contributed by atoms with Gasteiger partial charge in [0.25, 0.3) is 0 Å². The monoisotopic (exact) mass is 409 g/mol. The van der Waals surface area contributed by atoms with E-state index in [2.05, 4.69) is 14.5 Å². The molecule has 4 rings (SSSR count). The first kappa shape index (κ1) is 19.2. The van der Waals surface area contributed by atoms with Crippen molar-refractivity contribution in [2.24, 2.45) is 5.73 Å². The highest BCUT2D eigenvalue weighted by Gasteiger charge is 2.14. The molecule has 0 aliphatic heterocycles. The first-order chi connectivity index (χ1) is 14.0. The number of ether oxygens (including phenoxy) is 1. The average molecular weight is 410 g/mol. The lowest BCUT2D eigenvalue weighted by molar-refractivity contribution is 0.100. The summed E-state index contributed by atoms with van der Waals surface area (Å²) < 4.78 is 7.34. The molecular weight excluding hydrogens is 390 g/mol. The fourth-order valence-corrected chi connectivity index (χ4v) is 3.40. The Morgan fingerprint density at radius 3 is 2.76 bits per heavy atom. The van der Waals surface area contributed by atoms with Crippen molar-refractivity contribution in [2.75, 3.05) is 13.7 Å². The van der Waals surface area contributed by atoms with Gasteiger partial charge >= 0.3 is 0 Å². The van der Waals surface area contributed by atoms with Crippen LogP contribution >= 0.6 is 11.6 Å². The summed E-state index contributed by atoms with van der Waals surface area (Å²) in [6.45, 7) is 1.20. The molecule has 2 heterocycles. The fourth-order valence-electron chi connectivity index (χ4n) is 3.27. The van der Waals surface area contributed by atoms with Crippen LogP contribution in [0.25, 0.3) is 22.4 Å². The van der Waals surface area contributed by atoms with Crippen molar-refractivity contribution in [2.45, 2.75) is 13.0 Å². The summed E-state index contributed by atoms with van der Waals surface area (Å²) in [7, 11) is 1.66. The summed E-state index contributed by atoms with van der Waals surface area (Å²) in [5.41, 5.74) is 9.39. The maximum absolute atomic E-state index is 11.5. The van der Waals surface area contributed by atoms with Crippen LogP contribution in [0, 0.1) is 0 Å². The number of carbonyl (C=O) groups is 1. The van der Waals surface area contributed by atoms with Crippen LogP contribution in [-0.2, 0) is 17.7 Å². The maximum atomic E-state index is 11.5. The Balaban J connectivity index is 1.67. The van der Waals surface area contributed by atoms with E-state index in [-0.39, 0.29) is 0 Å². The van der Waals surface area contributed by atoms with Gasteiger partial charge in [-0.3, -0.25) is 4.79 Å². The van der Waals surface area contributed by atoms with Gasteiger partial charge in [-0.05, 0) is 42.5 Å². The van der Waals surface area contributed by atoms with Crippen LogP contribution in [0.2, 0.25) is 5.02 Å². The number of methoxy groups -OCH3 is 1. The number of hydrogen-bond acceptors (Lipinski definition) is 4. The van der Waals surface area contributed by atoms with Crippen LogP contribution in [0.15, 0.2) is 48.7 Å². The molecule has 3 N–H and O–H groups in total. The number of benzene rings is 2. The molecule has 0 radical (unpaired) electrons. The van der Waals surface area contributed by atoms with Gasteiger partial charge in [-0.15, -0.1) is 0 Å². The highest BCUT2D eigenvalue weighted by molar-refractivity contribution is 6.30. The van der Waals surface area contributed by atoms with Crippen LogP contribution in [0.4, 0.5) is 0 Å².